The second-order valence-electron chi connectivity index (χ2n) is 4.50. The first-order valence-corrected chi connectivity index (χ1v) is 5.23. The van der Waals surface area contributed by atoms with Crippen LogP contribution < -0.4 is 0 Å². The van der Waals surface area contributed by atoms with Crippen molar-refractivity contribution >= 4 is 11.0 Å². The van der Waals surface area contributed by atoms with Crippen molar-refractivity contribution in [3.05, 3.63) is 29.5 Å². The minimum absolute atomic E-state index is 0.287. The Hall–Kier alpha value is -1.48. The maximum atomic E-state index is 9.61. The summed E-state index contributed by atoms with van der Waals surface area (Å²) in [6, 6.07) is 5.45. The van der Waals surface area contributed by atoms with Crippen LogP contribution in [0.15, 0.2) is 22.6 Å². The van der Waals surface area contributed by atoms with E-state index in [0.717, 1.165) is 22.3 Å². The van der Waals surface area contributed by atoms with Gasteiger partial charge in [0.15, 0.2) is 0 Å². The van der Waals surface area contributed by atoms with Gasteiger partial charge in [-0.2, -0.15) is 0 Å². The van der Waals surface area contributed by atoms with E-state index < -0.39 is 5.60 Å². The third-order valence-corrected chi connectivity index (χ3v) is 2.94. The fourth-order valence-corrected chi connectivity index (χ4v) is 1.57. The van der Waals surface area contributed by atoms with E-state index in [1.165, 1.54) is 0 Å². The Morgan fingerprint density at radius 1 is 1.25 bits per heavy atom. The highest BCUT2D eigenvalue weighted by Crippen LogP contribution is 2.32. The lowest BCUT2D eigenvalue weighted by Crippen LogP contribution is -2.18. The Bertz CT molecular complexity index is 484. The summed E-state index contributed by atoms with van der Waals surface area (Å²) in [6.45, 7) is 5.73. The van der Waals surface area contributed by atoms with Crippen LogP contribution in [0.4, 0.5) is 0 Å². The molecule has 0 saturated heterocycles. The van der Waals surface area contributed by atoms with Crippen LogP contribution in [-0.2, 0) is 10.3 Å². The van der Waals surface area contributed by atoms with Crippen LogP contribution in [0, 0.1) is 6.92 Å². The molecule has 0 fully saturated rings. The number of phenols is 1. The molecule has 2 aromatic rings. The molecule has 16 heavy (non-hydrogen) atoms. The van der Waals surface area contributed by atoms with Gasteiger partial charge in [-0.1, -0.05) is 0 Å². The van der Waals surface area contributed by atoms with E-state index in [4.69, 9.17) is 9.15 Å². The van der Waals surface area contributed by atoms with Crippen molar-refractivity contribution in [2.45, 2.75) is 26.4 Å². The molecular formula is C13H16O3. The minimum atomic E-state index is -0.456. The summed E-state index contributed by atoms with van der Waals surface area (Å²) in [4.78, 5) is 0. The summed E-state index contributed by atoms with van der Waals surface area (Å²) >= 11 is 0. The quantitative estimate of drug-likeness (QED) is 0.844. The second-order valence-corrected chi connectivity index (χ2v) is 4.50. The largest absolute Gasteiger partial charge is 0.508 e. The molecule has 0 unspecified atom stereocenters. The van der Waals surface area contributed by atoms with Gasteiger partial charge in [0.25, 0.3) is 0 Å². The number of aryl methyl sites for hydroxylation is 1. The van der Waals surface area contributed by atoms with E-state index in [-0.39, 0.29) is 5.75 Å². The zero-order valence-corrected chi connectivity index (χ0v) is 10.00. The molecule has 1 aromatic heterocycles. The predicted molar refractivity (Wildman–Crippen MR) is 62.7 cm³/mol. The normalized spacial score (nSPS) is 12.2. The van der Waals surface area contributed by atoms with Gasteiger partial charge in [-0.3, -0.25) is 0 Å². The fraction of sp³-hybridized carbons (Fsp3) is 0.385. The van der Waals surface area contributed by atoms with Crippen LogP contribution in [-0.4, -0.2) is 12.2 Å². The summed E-state index contributed by atoms with van der Waals surface area (Å²) in [5.74, 6) is 1.05. The van der Waals surface area contributed by atoms with Crippen molar-refractivity contribution in [3.8, 4) is 5.75 Å². The Morgan fingerprint density at radius 2 is 1.94 bits per heavy atom. The standard InChI is InChI=1S/C13H16O3/c1-8-5-11-9(6-10(8)14)7-12(16-11)13(2,3)15-4/h5-7,14H,1-4H3. The monoisotopic (exact) mass is 220 g/mol. The summed E-state index contributed by atoms with van der Waals surface area (Å²) in [5, 5.41) is 10.5. The van der Waals surface area contributed by atoms with Gasteiger partial charge in [-0.25, -0.2) is 0 Å². The molecule has 1 heterocycles. The highest BCUT2D eigenvalue weighted by Gasteiger charge is 2.24. The predicted octanol–water partition coefficient (Wildman–Crippen LogP) is 3.33. The highest BCUT2D eigenvalue weighted by atomic mass is 16.5. The molecular weight excluding hydrogens is 204 g/mol. The molecule has 86 valence electrons. The Morgan fingerprint density at radius 3 is 2.56 bits per heavy atom. The average molecular weight is 220 g/mol. The molecule has 0 atom stereocenters. The van der Waals surface area contributed by atoms with Crippen LogP contribution >= 0.6 is 0 Å². The summed E-state index contributed by atoms with van der Waals surface area (Å²) in [5.41, 5.74) is 1.13. The number of benzene rings is 1. The molecule has 0 aliphatic heterocycles. The summed E-state index contributed by atoms with van der Waals surface area (Å²) < 4.78 is 11.1. The first-order valence-electron chi connectivity index (χ1n) is 5.23. The van der Waals surface area contributed by atoms with E-state index in [9.17, 15) is 5.11 Å². The zero-order valence-electron chi connectivity index (χ0n) is 10.00. The lowest BCUT2D eigenvalue weighted by atomic mass is 10.1. The van der Waals surface area contributed by atoms with Crippen molar-refractivity contribution in [2.24, 2.45) is 0 Å². The number of aromatic hydroxyl groups is 1. The number of ether oxygens (including phenoxy) is 1. The lowest BCUT2D eigenvalue weighted by molar-refractivity contribution is 0.00212. The smallest absolute Gasteiger partial charge is 0.136 e. The average Bonchev–Trinajstić information content (AvgIpc) is 2.62. The maximum Gasteiger partial charge on any atom is 0.136 e. The van der Waals surface area contributed by atoms with Crippen LogP contribution in [0.3, 0.4) is 0 Å². The molecule has 0 radical (unpaired) electrons. The Kier molecular flexibility index (Phi) is 2.43. The van der Waals surface area contributed by atoms with E-state index in [1.807, 2.05) is 32.9 Å². The van der Waals surface area contributed by atoms with Crippen LogP contribution in [0.5, 0.6) is 5.75 Å². The van der Waals surface area contributed by atoms with Crippen LogP contribution in [0.25, 0.3) is 11.0 Å². The van der Waals surface area contributed by atoms with Gasteiger partial charge in [0.05, 0.1) is 0 Å². The number of hydrogen-bond acceptors (Lipinski definition) is 3. The number of phenolic OH excluding ortho intramolecular Hbond substituents is 1. The van der Waals surface area contributed by atoms with Gasteiger partial charge < -0.3 is 14.3 Å². The summed E-state index contributed by atoms with van der Waals surface area (Å²) in [7, 11) is 1.65. The van der Waals surface area contributed by atoms with E-state index in [2.05, 4.69) is 0 Å². The van der Waals surface area contributed by atoms with Crippen molar-refractivity contribution in [1.29, 1.82) is 0 Å². The first-order chi connectivity index (χ1) is 7.44. The third-order valence-electron chi connectivity index (χ3n) is 2.94. The molecule has 2 rings (SSSR count). The lowest BCUT2D eigenvalue weighted by Gasteiger charge is -2.19. The van der Waals surface area contributed by atoms with Gasteiger partial charge in [0, 0.05) is 12.5 Å². The van der Waals surface area contributed by atoms with E-state index >= 15 is 0 Å². The van der Waals surface area contributed by atoms with Gasteiger partial charge >= 0.3 is 0 Å². The minimum Gasteiger partial charge on any atom is -0.508 e. The van der Waals surface area contributed by atoms with Crippen LogP contribution in [0.1, 0.15) is 25.2 Å². The number of furan rings is 1. The van der Waals surface area contributed by atoms with E-state index in [0.29, 0.717) is 0 Å². The molecule has 0 aliphatic carbocycles. The second kappa shape index (κ2) is 3.52. The molecule has 0 bridgehead atoms. The van der Waals surface area contributed by atoms with Crippen molar-refractivity contribution in [1.82, 2.24) is 0 Å². The van der Waals surface area contributed by atoms with Crippen molar-refractivity contribution in [3.63, 3.8) is 0 Å². The van der Waals surface area contributed by atoms with Crippen molar-refractivity contribution < 1.29 is 14.3 Å². The molecule has 3 nitrogen and oxygen atoms in total. The highest BCUT2D eigenvalue weighted by molar-refractivity contribution is 5.80. The first kappa shape index (κ1) is 11.0. The van der Waals surface area contributed by atoms with Gasteiger partial charge in [0.1, 0.15) is 22.7 Å². The topological polar surface area (TPSA) is 42.6 Å². The fourth-order valence-electron chi connectivity index (χ4n) is 1.57. The number of methoxy groups -OCH3 is 1. The number of hydrogen-bond donors (Lipinski definition) is 1. The number of rotatable bonds is 2. The van der Waals surface area contributed by atoms with Gasteiger partial charge in [-0.05, 0) is 44.5 Å². The Labute approximate surface area is 94.6 Å². The molecule has 0 aliphatic rings. The molecule has 0 spiro atoms. The molecule has 0 amide bonds. The molecule has 0 saturated carbocycles. The molecule has 1 N–H and O–H groups in total. The summed E-state index contributed by atoms with van der Waals surface area (Å²) in [6.07, 6.45) is 0. The molecule has 1 aromatic carbocycles. The Balaban J connectivity index is 2.61. The van der Waals surface area contributed by atoms with Gasteiger partial charge in [0.2, 0.25) is 0 Å². The van der Waals surface area contributed by atoms with Crippen molar-refractivity contribution in [2.75, 3.05) is 7.11 Å². The zero-order chi connectivity index (χ0) is 11.9. The number of fused-ring (bicyclic) bond motifs is 1. The van der Waals surface area contributed by atoms with Gasteiger partial charge in [-0.15, -0.1) is 0 Å². The third kappa shape index (κ3) is 1.67. The van der Waals surface area contributed by atoms with Crippen LogP contribution in [0.2, 0.25) is 0 Å². The van der Waals surface area contributed by atoms with E-state index in [1.54, 1.807) is 13.2 Å². The molecule has 3 heteroatoms. The SMILES string of the molecule is COC(C)(C)c1cc2cc(O)c(C)cc2o1. The maximum absolute atomic E-state index is 9.61.